The van der Waals surface area contributed by atoms with Crippen molar-refractivity contribution in [3.63, 3.8) is 0 Å². The first kappa shape index (κ1) is 17.6. The molecular weight excluding hydrogens is 363 g/mol. The molecule has 0 saturated carbocycles. The van der Waals surface area contributed by atoms with Gasteiger partial charge in [-0.3, -0.25) is 4.79 Å². The zero-order valence-corrected chi connectivity index (χ0v) is 15.0. The average molecular weight is 379 g/mol. The van der Waals surface area contributed by atoms with E-state index in [4.69, 9.17) is 27.9 Å². The van der Waals surface area contributed by atoms with Crippen LogP contribution in [0.3, 0.4) is 0 Å². The number of hydrogen-bond donors (Lipinski definition) is 1. The first-order chi connectivity index (χ1) is 12.0. The number of nitrogens with zero attached hydrogens (tertiary/aromatic N) is 1. The molecule has 0 bridgehead atoms. The van der Waals surface area contributed by atoms with Gasteiger partial charge in [0.2, 0.25) is 0 Å². The van der Waals surface area contributed by atoms with E-state index in [0.29, 0.717) is 34.4 Å². The number of hydrogen-bond acceptors (Lipinski definition) is 3. The number of nitrogens with one attached hydrogen (secondary N) is 1. The number of amides is 2. The Labute approximate surface area is 155 Å². The Morgan fingerprint density at radius 2 is 1.92 bits per heavy atom. The molecule has 1 N–H and O–H groups in total. The predicted octanol–water partition coefficient (Wildman–Crippen LogP) is 4.37. The van der Waals surface area contributed by atoms with Gasteiger partial charge in [0, 0.05) is 23.8 Å². The van der Waals surface area contributed by atoms with Gasteiger partial charge in [0.25, 0.3) is 5.91 Å². The van der Waals surface area contributed by atoms with Crippen LogP contribution in [0.1, 0.15) is 21.5 Å². The molecule has 0 radical (unpaired) electrons. The van der Waals surface area contributed by atoms with Crippen LogP contribution < -0.4 is 5.32 Å². The summed E-state index contributed by atoms with van der Waals surface area (Å²) in [6, 6.07) is 10.4. The number of fused-ring (bicyclic) bond motifs is 1. The van der Waals surface area contributed by atoms with Crippen molar-refractivity contribution in [1.82, 2.24) is 4.90 Å². The summed E-state index contributed by atoms with van der Waals surface area (Å²) in [4.78, 5) is 25.7. The van der Waals surface area contributed by atoms with Crippen LogP contribution in [0.4, 0.5) is 10.5 Å². The highest BCUT2D eigenvalue weighted by molar-refractivity contribution is 6.37. The highest BCUT2D eigenvalue weighted by atomic mass is 35.5. The second kappa shape index (κ2) is 7.33. The summed E-state index contributed by atoms with van der Waals surface area (Å²) in [5.74, 6) is -0.317. The molecule has 0 unspecified atom stereocenters. The minimum absolute atomic E-state index is 0.292. The monoisotopic (exact) mass is 378 g/mol. The lowest BCUT2D eigenvalue weighted by Crippen LogP contribution is -2.35. The molecule has 5 nitrogen and oxygen atoms in total. The maximum absolute atomic E-state index is 12.4. The third kappa shape index (κ3) is 3.89. The standard InChI is InChI=1S/C18H16Cl2N2O3/c1-25-18(24)22-7-6-11-2-4-14(8-12(11)10-22)21-17(23)15-5-3-13(19)9-16(15)20/h2-5,8-9H,6-7,10H2,1H3,(H,21,23). The Hall–Kier alpha value is -2.24. The summed E-state index contributed by atoms with van der Waals surface area (Å²) in [7, 11) is 1.37. The van der Waals surface area contributed by atoms with Crippen molar-refractivity contribution in [3.8, 4) is 0 Å². The molecule has 1 aliphatic rings. The van der Waals surface area contributed by atoms with Crippen LogP contribution in [0.2, 0.25) is 10.0 Å². The van der Waals surface area contributed by atoms with Crippen molar-refractivity contribution < 1.29 is 14.3 Å². The van der Waals surface area contributed by atoms with Gasteiger partial charge in [-0.2, -0.15) is 0 Å². The molecule has 1 heterocycles. The van der Waals surface area contributed by atoms with Crippen LogP contribution in [-0.4, -0.2) is 30.6 Å². The Morgan fingerprint density at radius 1 is 1.12 bits per heavy atom. The lowest BCUT2D eigenvalue weighted by molar-refractivity contribution is 0.102. The van der Waals surface area contributed by atoms with Gasteiger partial charge in [-0.1, -0.05) is 29.3 Å². The summed E-state index contributed by atoms with van der Waals surface area (Å²) in [6.07, 6.45) is 0.398. The second-order valence-corrected chi connectivity index (χ2v) is 6.55. The molecule has 2 amide bonds. The average Bonchev–Trinajstić information content (AvgIpc) is 2.60. The molecule has 0 aromatic heterocycles. The number of methoxy groups -OCH3 is 1. The molecule has 2 aromatic carbocycles. The smallest absolute Gasteiger partial charge is 0.409 e. The van der Waals surface area contributed by atoms with Gasteiger partial charge in [-0.05, 0) is 47.9 Å². The Balaban J connectivity index is 1.78. The number of halogens is 2. The van der Waals surface area contributed by atoms with Gasteiger partial charge < -0.3 is 15.0 Å². The van der Waals surface area contributed by atoms with E-state index in [1.807, 2.05) is 18.2 Å². The summed E-state index contributed by atoms with van der Waals surface area (Å²) >= 11 is 11.9. The van der Waals surface area contributed by atoms with E-state index in [-0.39, 0.29) is 12.0 Å². The molecular formula is C18H16Cl2N2O3. The number of rotatable bonds is 2. The normalized spacial score (nSPS) is 13.2. The Kier molecular flexibility index (Phi) is 5.16. The van der Waals surface area contributed by atoms with Crippen LogP contribution in [-0.2, 0) is 17.7 Å². The number of carbonyl (C=O) groups excluding carboxylic acids is 2. The molecule has 130 valence electrons. The van der Waals surface area contributed by atoms with E-state index in [1.165, 1.54) is 13.2 Å². The number of benzene rings is 2. The quantitative estimate of drug-likeness (QED) is 0.843. The van der Waals surface area contributed by atoms with E-state index in [2.05, 4.69) is 5.32 Å². The van der Waals surface area contributed by atoms with Gasteiger partial charge in [0.15, 0.2) is 0 Å². The highest BCUT2D eigenvalue weighted by Gasteiger charge is 2.21. The minimum atomic E-state index is -0.354. The van der Waals surface area contributed by atoms with Gasteiger partial charge in [0.1, 0.15) is 0 Å². The van der Waals surface area contributed by atoms with E-state index >= 15 is 0 Å². The SMILES string of the molecule is COC(=O)N1CCc2ccc(NC(=O)c3ccc(Cl)cc3Cl)cc2C1. The zero-order chi connectivity index (χ0) is 18.0. The van der Waals surface area contributed by atoms with Gasteiger partial charge in [-0.25, -0.2) is 4.79 Å². The molecule has 25 heavy (non-hydrogen) atoms. The first-order valence-electron chi connectivity index (χ1n) is 7.69. The minimum Gasteiger partial charge on any atom is -0.453 e. The fourth-order valence-corrected chi connectivity index (χ4v) is 3.29. The molecule has 2 aromatic rings. The predicted molar refractivity (Wildman–Crippen MR) is 97.4 cm³/mol. The van der Waals surface area contributed by atoms with Crippen LogP contribution in [0.5, 0.6) is 0 Å². The second-order valence-electron chi connectivity index (χ2n) is 5.70. The number of ether oxygens (including phenoxy) is 1. The molecule has 1 aliphatic heterocycles. The molecule has 3 rings (SSSR count). The topological polar surface area (TPSA) is 58.6 Å². The van der Waals surface area contributed by atoms with Gasteiger partial charge in [0.05, 0.1) is 17.7 Å². The van der Waals surface area contributed by atoms with Gasteiger partial charge in [-0.15, -0.1) is 0 Å². The molecule has 7 heteroatoms. The summed E-state index contributed by atoms with van der Waals surface area (Å²) < 4.78 is 4.77. The summed E-state index contributed by atoms with van der Waals surface area (Å²) in [6.45, 7) is 1.07. The first-order valence-corrected chi connectivity index (χ1v) is 8.44. The number of carbonyl (C=O) groups is 2. The third-order valence-corrected chi connectivity index (χ3v) is 4.63. The fourth-order valence-electron chi connectivity index (χ4n) is 2.79. The van der Waals surface area contributed by atoms with Crippen LogP contribution in [0, 0.1) is 0 Å². The van der Waals surface area contributed by atoms with E-state index in [1.54, 1.807) is 17.0 Å². The van der Waals surface area contributed by atoms with Crippen molar-refractivity contribution >= 4 is 40.9 Å². The molecule has 0 fully saturated rings. The maximum atomic E-state index is 12.4. The van der Waals surface area contributed by atoms with Crippen molar-refractivity contribution in [2.75, 3.05) is 19.0 Å². The van der Waals surface area contributed by atoms with Crippen LogP contribution in [0.25, 0.3) is 0 Å². The lowest BCUT2D eigenvalue weighted by Gasteiger charge is -2.28. The van der Waals surface area contributed by atoms with Crippen molar-refractivity contribution in [2.24, 2.45) is 0 Å². The molecule has 0 saturated heterocycles. The molecule has 0 aliphatic carbocycles. The summed E-state index contributed by atoms with van der Waals surface area (Å²) in [5.41, 5.74) is 3.13. The number of anilines is 1. The van der Waals surface area contributed by atoms with E-state index in [9.17, 15) is 9.59 Å². The lowest BCUT2D eigenvalue weighted by atomic mass is 9.99. The summed E-state index contributed by atoms with van der Waals surface area (Å²) in [5, 5.41) is 3.59. The zero-order valence-electron chi connectivity index (χ0n) is 13.5. The fraction of sp³-hybridized carbons (Fsp3) is 0.222. The van der Waals surface area contributed by atoms with Crippen molar-refractivity contribution in [3.05, 3.63) is 63.1 Å². The Morgan fingerprint density at radius 3 is 2.64 bits per heavy atom. The molecule has 0 spiro atoms. The van der Waals surface area contributed by atoms with Crippen molar-refractivity contribution in [2.45, 2.75) is 13.0 Å². The van der Waals surface area contributed by atoms with E-state index in [0.717, 1.165) is 17.5 Å². The third-order valence-electron chi connectivity index (χ3n) is 4.08. The highest BCUT2D eigenvalue weighted by Crippen LogP contribution is 2.25. The van der Waals surface area contributed by atoms with E-state index < -0.39 is 0 Å². The van der Waals surface area contributed by atoms with Crippen LogP contribution >= 0.6 is 23.2 Å². The maximum Gasteiger partial charge on any atom is 0.409 e. The largest absolute Gasteiger partial charge is 0.453 e. The molecule has 0 atom stereocenters. The Bertz CT molecular complexity index is 839. The van der Waals surface area contributed by atoms with Gasteiger partial charge >= 0.3 is 6.09 Å². The van der Waals surface area contributed by atoms with Crippen molar-refractivity contribution in [1.29, 1.82) is 0 Å². The van der Waals surface area contributed by atoms with Crippen LogP contribution in [0.15, 0.2) is 36.4 Å².